The highest BCUT2D eigenvalue weighted by Crippen LogP contribution is 2.27. The van der Waals surface area contributed by atoms with Crippen LogP contribution in [0, 0.1) is 0 Å². The molecule has 2 amide bonds. The maximum absolute atomic E-state index is 12.2. The lowest BCUT2D eigenvalue weighted by Gasteiger charge is -2.06. The molecular weight excluding hydrogens is 436 g/mol. The van der Waals surface area contributed by atoms with E-state index < -0.39 is 0 Å². The number of hydrogen-bond acceptors (Lipinski definition) is 8. The third kappa shape index (κ3) is 5.38. The Bertz CT molecular complexity index is 1270. The van der Waals surface area contributed by atoms with Crippen molar-refractivity contribution < 1.29 is 9.53 Å². The third-order valence-corrected chi connectivity index (χ3v) is 6.20. The summed E-state index contributed by atoms with van der Waals surface area (Å²) < 4.78 is 5.79. The lowest BCUT2D eigenvalue weighted by atomic mass is 10.2. The molecule has 158 valence electrons. The number of methoxy groups -OCH3 is 1. The molecule has 0 aliphatic carbocycles. The van der Waals surface area contributed by atoms with Crippen LogP contribution < -0.4 is 20.9 Å². The number of ether oxygens (including phenoxy) is 1. The molecule has 4 rings (SSSR count). The Morgan fingerprint density at radius 3 is 2.94 bits per heavy atom. The Kier molecular flexibility index (Phi) is 6.43. The molecule has 3 N–H and O–H groups in total. The second-order valence-electron chi connectivity index (χ2n) is 6.35. The monoisotopic (exact) mass is 454 g/mol. The van der Waals surface area contributed by atoms with Crippen LogP contribution in [0.4, 0.5) is 9.93 Å². The van der Waals surface area contributed by atoms with Crippen molar-refractivity contribution >= 4 is 45.3 Å². The Morgan fingerprint density at radius 1 is 1.19 bits per heavy atom. The van der Waals surface area contributed by atoms with Crippen molar-refractivity contribution in [3.8, 4) is 5.75 Å². The number of fused-ring (bicyclic) bond motifs is 1. The van der Waals surface area contributed by atoms with Gasteiger partial charge in [0.15, 0.2) is 4.34 Å². The zero-order chi connectivity index (χ0) is 21.6. The molecule has 0 saturated carbocycles. The average Bonchev–Trinajstić information content (AvgIpc) is 3.23. The number of para-hydroxylation sites is 2. The molecule has 0 saturated heterocycles. The van der Waals surface area contributed by atoms with E-state index in [-0.39, 0.29) is 11.6 Å². The van der Waals surface area contributed by atoms with E-state index in [1.54, 1.807) is 7.11 Å². The third-order valence-electron chi connectivity index (χ3n) is 4.22. The molecule has 31 heavy (non-hydrogen) atoms. The van der Waals surface area contributed by atoms with Gasteiger partial charge in [-0.25, -0.2) is 9.78 Å². The van der Waals surface area contributed by atoms with Crippen LogP contribution in [-0.2, 0) is 12.3 Å². The molecule has 2 heterocycles. The van der Waals surface area contributed by atoms with Gasteiger partial charge < -0.3 is 15.0 Å². The fraction of sp³-hybridized carbons (Fsp3) is 0.150. The molecule has 11 heteroatoms. The summed E-state index contributed by atoms with van der Waals surface area (Å²) >= 11 is 2.56. The largest absolute Gasteiger partial charge is 0.497 e. The standard InChI is InChI=1S/C20H18N6O3S2/c1-29-13-6-4-5-12(9-13)10-21-18(28)24-19-25-26-20(31-19)30-11-16-17(27)23-15-8-3-2-7-14(15)22-16/h2-9H,10-11H2,1H3,(H,23,27)(H2,21,24,25,28). The fourth-order valence-electron chi connectivity index (χ4n) is 2.72. The van der Waals surface area contributed by atoms with Gasteiger partial charge in [0, 0.05) is 12.3 Å². The molecule has 2 aromatic carbocycles. The van der Waals surface area contributed by atoms with Crippen LogP contribution in [0.25, 0.3) is 11.0 Å². The van der Waals surface area contributed by atoms with Crippen molar-refractivity contribution in [3.05, 3.63) is 70.1 Å². The lowest BCUT2D eigenvalue weighted by Crippen LogP contribution is -2.28. The van der Waals surface area contributed by atoms with Gasteiger partial charge in [-0.2, -0.15) is 0 Å². The molecule has 0 spiro atoms. The number of anilines is 1. The molecular formula is C20H18N6O3S2. The maximum Gasteiger partial charge on any atom is 0.321 e. The maximum atomic E-state index is 12.2. The van der Waals surface area contributed by atoms with Crippen LogP contribution in [0.15, 0.2) is 57.7 Å². The first-order chi connectivity index (χ1) is 15.1. The Hall–Kier alpha value is -3.44. The molecule has 0 unspecified atom stereocenters. The number of carbonyl (C=O) groups excluding carboxylic acids is 1. The number of nitrogens with zero attached hydrogens (tertiary/aromatic N) is 3. The van der Waals surface area contributed by atoms with Gasteiger partial charge in [0.25, 0.3) is 5.56 Å². The SMILES string of the molecule is COc1cccc(CNC(=O)Nc2nnc(SCc3nc4ccccc4[nH]c3=O)s2)c1. The molecule has 0 bridgehead atoms. The molecule has 0 radical (unpaired) electrons. The predicted molar refractivity (Wildman–Crippen MR) is 121 cm³/mol. The second-order valence-corrected chi connectivity index (χ2v) is 8.55. The lowest BCUT2D eigenvalue weighted by molar-refractivity contribution is 0.251. The summed E-state index contributed by atoms with van der Waals surface area (Å²) in [6.45, 7) is 0.347. The van der Waals surface area contributed by atoms with Gasteiger partial charge in [-0.05, 0) is 29.8 Å². The second kappa shape index (κ2) is 9.58. The number of thioether (sulfide) groups is 1. The van der Waals surface area contributed by atoms with Gasteiger partial charge in [-0.3, -0.25) is 10.1 Å². The summed E-state index contributed by atoms with van der Waals surface area (Å²) in [5.74, 6) is 1.07. The number of urea groups is 1. The Morgan fingerprint density at radius 2 is 2.06 bits per heavy atom. The summed E-state index contributed by atoms with van der Waals surface area (Å²) in [5.41, 5.74) is 2.51. The summed E-state index contributed by atoms with van der Waals surface area (Å²) in [7, 11) is 1.59. The van der Waals surface area contributed by atoms with Crippen molar-refractivity contribution in [3.63, 3.8) is 0 Å². The van der Waals surface area contributed by atoms with E-state index in [0.29, 0.717) is 33.0 Å². The zero-order valence-corrected chi connectivity index (χ0v) is 18.0. The van der Waals surface area contributed by atoms with E-state index in [2.05, 4.69) is 30.8 Å². The molecule has 9 nitrogen and oxygen atoms in total. The van der Waals surface area contributed by atoms with Gasteiger partial charge in [0.1, 0.15) is 11.4 Å². The van der Waals surface area contributed by atoms with Crippen LogP contribution in [0.3, 0.4) is 0 Å². The van der Waals surface area contributed by atoms with Crippen LogP contribution in [-0.4, -0.2) is 33.3 Å². The van der Waals surface area contributed by atoms with Crippen LogP contribution in [0.5, 0.6) is 5.75 Å². The van der Waals surface area contributed by atoms with E-state index in [4.69, 9.17) is 4.74 Å². The summed E-state index contributed by atoms with van der Waals surface area (Å²) in [4.78, 5) is 31.6. The number of benzene rings is 2. The number of aromatic nitrogens is 4. The Labute approximate surface area is 185 Å². The minimum absolute atomic E-state index is 0.231. The van der Waals surface area contributed by atoms with Crippen molar-refractivity contribution in [2.75, 3.05) is 12.4 Å². The predicted octanol–water partition coefficient (Wildman–Crippen LogP) is 3.40. The van der Waals surface area contributed by atoms with E-state index in [0.717, 1.165) is 16.8 Å². The quantitative estimate of drug-likeness (QED) is 0.289. The Balaban J connectivity index is 1.31. The van der Waals surface area contributed by atoms with Crippen molar-refractivity contribution in [1.29, 1.82) is 0 Å². The normalized spacial score (nSPS) is 10.7. The number of nitrogens with one attached hydrogen (secondary N) is 3. The number of rotatable bonds is 7. The van der Waals surface area contributed by atoms with Crippen molar-refractivity contribution in [2.45, 2.75) is 16.6 Å². The smallest absolute Gasteiger partial charge is 0.321 e. The van der Waals surface area contributed by atoms with Crippen molar-refractivity contribution in [2.24, 2.45) is 0 Å². The fourth-order valence-corrected chi connectivity index (χ4v) is 4.40. The highest BCUT2D eigenvalue weighted by atomic mass is 32.2. The average molecular weight is 455 g/mol. The molecule has 4 aromatic rings. The first-order valence-electron chi connectivity index (χ1n) is 9.23. The molecule has 0 atom stereocenters. The molecule has 0 aliphatic heterocycles. The number of amides is 2. The van der Waals surface area contributed by atoms with Gasteiger partial charge in [0.2, 0.25) is 5.13 Å². The minimum atomic E-state index is -0.386. The summed E-state index contributed by atoms with van der Waals surface area (Å²) in [6.07, 6.45) is 0. The zero-order valence-electron chi connectivity index (χ0n) is 16.4. The molecule has 0 fully saturated rings. The summed E-state index contributed by atoms with van der Waals surface area (Å²) in [5, 5.41) is 13.8. The van der Waals surface area contributed by atoms with Gasteiger partial charge in [0.05, 0.1) is 18.1 Å². The first-order valence-corrected chi connectivity index (χ1v) is 11.0. The van der Waals surface area contributed by atoms with Gasteiger partial charge in [-0.1, -0.05) is 47.4 Å². The number of hydrogen-bond donors (Lipinski definition) is 3. The van der Waals surface area contributed by atoms with Crippen LogP contribution in [0.2, 0.25) is 0 Å². The van der Waals surface area contributed by atoms with Gasteiger partial charge >= 0.3 is 6.03 Å². The van der Waals surface area contributed by atoms with E-state index in [1.807, 2.05) is 48.5 Å². The molecule has 2 aromatic heterocycles. The van der Waals surface area contributed by atoms with Gasteiger partial charge in [-0.15, -0.1) is 10.2 Å². The number of carbonyl (C=O) groups is 1. The van der Waals surface area contributed by atoms with E-state index in [1.165, 1.54) is 23.1 Å². The van der Waals surface area contributed by atoms with Crippen LogP contribution in [0.1, 0.15) is 11.3 Å². The topological polar surface area (TPSA) is 122 Å². The molecule has 0 aliphatic rings. The van der Waals surface area contributed by atoms with Crippen LogP contribution >= 0.6 is 23.1 Å². The highest BCUT2D eigenvalue weighted by Gasteiger charge is 2.11. The summed E-state index contributed by atoms with van der Waals surface area (Å²) in [6, 6.07) is 14.4. The van der Waals surface area contributed by atoms with Crippen molar-refractivity contribution in [1.82, 2.24) is 25.5 Å². The van der Waals surface area contributed by atoms with E-state index in [9.17, 15) is 9.59 Å². The minimum Gasteiger partial charge on any atom is -0.497 e. The number of aromatic amines is 1. The number of H-pyrrole nitrogens is 1. The first kappa shape index (κ1) is 20.8. The highest BCUT2D eigenvalue weighted by molar-refractivity contribution is 8.00. The van der Waals surface area contributed by atoms with E-state index >= 15 is 0 Å².